The molecule has 0 saturated heterocycles. The maximum absolute atomic E-state index is 10.0. The molecule has 0 rings (SSSR count). The van der Waals surface area contributed by atoms with Gasteiger partial charge in [-0.1, -0.05) is 0 Å². The molecule has 0 aromatic carbocycles. The van der Waals surface area contributed by atoms with Gasteiger partial charge in [0, 0.05) is 7.11 Å². The van der Waals surface area contributed by atoms with E-state index in [9.17, 15) is 4.57 Å². The summed E-state index contributed by atoms with van der Waals surface area (Å²) in [5.74, 6) is 0. The molecule has 2 unspecified atom stereocenters. The fraction of sp³-hybridized carbons (Fsp3) is 1.00. The van der Waals surface area contributed by atoms with E-state index in [1.54, 1.807) is 6.92 Å². The summed E-state index contributed by atoms with van der Waals surface area (Å²) in [6.07, 6.45) is 0.120. The molecule has 0 saturated carbocycles. The van der Waals surface area contributed by atoms with Gasteiger partial charge in [0.05, 0.1) is 0 Å². The lowest BCUT2D eigenvalue weighted by molar-refractivity contribution is 0.135. The maximum Gasteiger partial charge on any atom is 0.508 e. The summed E-state index contributed by atoms with van der Waals surface area (Å²) < 4.78 is 14.8. The van der Waals surface area contributed by atoms with Gasteiger partial charge in [-0.15, -0.1) is 0 Å². The van der Waals surface area contributed by atoms with E-state index in [0.29, 0.717) is 0 Å². The van der Waals surface area contributed by atoms with Crippen LogP contribution in [0.25, 0.3) is 0 Å². The van der Waals surface area contributed by atoms with E-state index >= 15 is 0 Å². The first-order valence-electron chi connectivity index (χ1n) is 2.33. The molecule has 0 aromatic heterocycles. The lowest BCUT2D eigenvalue weighted by Crippen LogP contribution is -2.06. The first-order chi connectivity index (χ1) is 3.66. The third kappa shape index (κ3) is 4.19. The molecule has 0 aromatic rings. The molecule has 0 bridgehead atoms. The molecular weight excluding hydrogens is 127 g/mol. The Bertz CT molecular complexity index is 83.4. The molecule has 48 valence electrons. The van der Waals surface area contributed by atoms with Gasteiger partial charge in [0.2, 0.25) is 6.16 Å². The third-order valence-corrected chi connectivity index (χ3v) is 1.64. The van der Waals surface area contributed by atoms with E-state index in [4.69, 9.17) is 9.63 Å². The maximum atomic E-state index is 10.0. The summed E-state index contributed by atoms with van der Waals surface area (Å²) in [6.45, 7) is 1.75. The van der Waals surface area contributed by atoms with Gasteiger partial charge in [-0.25, -0.2) is 0 Å². The average molecular weight is 137 g/mol. The van der Waals surface area contributed by atoms with Crippen molar-refractivity contribution in [1.29, 1.82) is 0 Å². The van der Waals surface area contributed by atoms with E-state index in [1.165, 1.54) is 7.11 Å². The van der Waals surface area contributed by atoms with Crippen LogP contribution >= 0.6 is 8.03 Å². The van der Waals surface area contributed by atoms with Crippen molar-refractivity contribution in [1.82, 2.24) is 0 Å². The Balaban J connectivity index is 3.24. The standard InChI is InChI=1S/C4H9O3P/c1-4(7-2)3-8(5)6/h4H,3H2,1-2H3/p+1. The zero-order chi connectivity index (χ0) is 6.57. The van der Waals surface area contributed by atoms with E-state index < -0.39 is 8.03 Å². The molecule has 3 nitrogen and oxygen atoms in total. The van der Waals surface area contributed by atoms with Gasteiger partial charge in [0.25, 0.3) is 0 Å². The first kappa shape index (κ1) is 8.02. The molecule has 0 radical (unpaired) electrons. The van der Waals surface area contributed by atoms with Crippen molar-refractivity contribution in [2.45, 2.75) is 13.0 Å². The summed E-state index contributed by atoms with van der Waals surface area (Å²) >= 11 is 0. The second kappa shape index (κ2) is 3.96. The highest BCUT2D eigenvalue weighted by Crippen LogP contribution is 2.14. The molecule has 0 amide bonds. The van der Waals surface area contributed by atoms with Crippen LogP contribution < -0.4 is 0 Å². The monoisotopic (exact) mass is 137 g/mol. The van der Waals surface area contributed by atoms with Crippen LogP contribution in [0.5, 0.6) is 0 Å². The van der Waals surface area contributed by atoms with E-state index in [1.807, 2.05) is 0 Å². The van der Waals surface area contributed by atoms with Gasteiger partial charge in [-0.05, 0) is 11.5 Å². The third-order valence-electron chi connectivity index (χ3n) is 0.816. The van der Waals surface area contributed by atoms with Crippen LogP contribution in [0, 0.1) is 0 Å². The number of ether oxygens (including phenoxy) is 1. The molecule has 0 aliphatic heterocycles. The molecule has 2 atom stereocenters. The fourth-order valence-corrected chi connectivity index (χ4v) is 0.883. The molecule has 0 aliphatic carbocycles. The second-order valence-electron chi connectivity index (χ2n) is 1.58. The summed E-state index contributed by atoms with van der Waals surface area (Å²) in [5, 5.41) is 0. The lowest BCUT2D eigenvalue weighted by Gasteiger charge is -1.97. The van der Waals surface area contributed by atoms with Crippen LogP contribution in [0.3, 0.4) is 0 Å². The van der Waals surface area contributed by atoms with Crippen LogP contribution in [0.1, 0.15) is 6.92 Å². The van der Waals surface area contributed by atoms with E-state index in [-0.39, 0.29) is 12.3 Å². The number of methoxy groups -OCH3 is 1. The van der Waals surface area contributed by atoms with Gasteiger partial charge in [0.15, 0.2) is 0 Å². The number of hydrogen-bond acceptors (Lipinski definition) is 2. The van der Waals surface area contributed by atoms with Crippen LogP contribution in [-0.4, -0.2) is 24.3 Å². The van der Waals surface area contributed by atoms with Crippen molar-refractivity contribution in [3.05, 3.63) is 0 Å². The Morgan fingerprint density at radius 2 is 2.38 bits per heavy atom. The predicted molar refractivity (Wildman–Crippen MR) is 31.2 cm³/mol. The SMILES string of the molecule is COC(C)C[P+](=O)O. The summed E-state index contributed by atoms with van der Waals surface area (Å²) in [7, 11) is -0.503. The molecule has 0 aliphatic rings. The molecule has 1 N–H and O–H groups in total. The predicted octanol–water partition coefficient (Wildman–Crippen LogP) is 0.756. The minimum atomic E-state index is -2.02. The van der Waals surface area contributed by atoms with E-state index in [0.717, 1.165) is 0 Å². The quantitative estimate of drug-likeness (QED) is 0.584. The zero-order valence-corrected chi connectivity index (χ0v) is 5.89. The highest BCUT2D eigenvalue weighted by atomic mass is 31.1. The van der Waals surface area contributed by atoms with Crippen LogP contribution in [-0.2, 0) is 9.30 Å². The molecule has 0 heterocycles. The normalized spacial score (nSPS) is 15.6. The largest absolute Gasteiger partial charge is 0.508 e. The van der Waals surface area contributed by atoms with Crippen molar-refractivity contribution in [3.8, 4) is 0 Å². The molecule has 8 heavy (non-hydrogen) atoms. The highest BCUT2D eigenvalue weighted by molar-refractivity contribution is 7.38. The van der Waals surface area contributed by atoms with Gasteiger partial charge >= 0.3 is 8.03 Å². The first-order valence-corrected chi connectivity index (χ1v) is 3.73. The van der Waals surface area contributed by atoms with Crippen LogP contribution in [0.2, 0.25) is 0 Å². The average Bonchev–Trinajstić information content (AvgIpc) is 1.65. The Hall–Kier alpha value is 0.0200. The van der Waals surface area contributed by atoms with Gasteiger partial charge in [-0.3, -0.25) is 0 Å². The minimum Gasteiger partial charge on any atom is -0.377 e. The summed E-state index contributed by atoms with van der Waals surface area (Å²) in [6, 6.07) is 0. The number of hydrogen-bond donors (Lipinski definition) is 1. The fourth-order valence-electron chi connectivity index (χ4n) is 0.294. The smallest absolute Gasteiger partial charge is 0.377 e. The van der Waals surface area contributed by atoms with Crippen molar-refractivity contribution in [2.75, 3.05) is 13.3 Å². The van der Waals surface area contributed by atoms with Crippen LogP contribution in [0.15, 0.2) is 0 Å². The van der Waals surface area contributed by atoms with Gasteiger partial charge < -0.3 is 4.74 Å². The molecule has 0 fully saturated rings. The Labute approximate surface area is 49.5 Å². The second-order valence-corrected chi connectivity index (χ2v) is 2.65. The Kier molecular flexibility index (Phi) is 3.97. The molecule has 4 heteroatoms. The lowest BCUT2D eigenvalue weighted by atomic mass is 10.5. The Morgan fingerprint density at radius 3 is 2.50 bits per heavy atom. The zero-order valence-electron chi connectivity index (χ0n) is 5.00. The Morgan fingerprint density at radius 1 is 1.88 bits per heavy atom. The van der Waals surface area contributed by atoms with Crippen molar-refractivity contribution in [3.63, 3.8) is 0 Å². The van der Waals surface area contributed by atoms with Crippen molar-refractivity contribution in [2.24, 2.45) is 0 Å². The topological polar surface area (TPSA) is 46.5 Å². The van der Waals surface area contributed by atoms with Crippen LogP contribution in [0.4, 0.5) is 0 Å². The number of rotatable bonds is 3. The summed E-state index contributed by atoms with van der Waals surface area (Å²) in [5.41, 5.74) is 0. The van der Waals surface area contributed by atoms with Gasteiger partial charge in [0.1, 0.15) is 6.10 Å². The van der Waals surface area contributed by atoms with E-state index in [2.05, 4.69) is 0 Å². The van der Waals surface area contributed by atoms with Gasteiger partial charge in [-0.2, -0.15) is 4.89 Å². The molecule has 0 spiro atoms. The van der Waals surface area contributed by atoms with Crippen molar-refractivity contribution < 1.29 is 14.2 Å². The minimum absolute atomic E-state index is 0.108. The highest BCUT2D eigenvalue weighted by Gasteiger charge is 2.15. The summed E-state index contributed by atoms with van der Waals surface area (Å²) in [4.78, 5) is 8.28. The van der Waals surface area contributed by atoms with Crippen molar-refractivity contribution >= 4 is 8.03 Å². The molecular formula is C4H10O3P+.